The fraction of sp³-hybridized carbons (Fsp3) is 0.111. The molecule has 0 amide bonds. The molecule has 0 atom stereocenters. The summed E-state index contributed by atoms with van der Waals surface area (Å²) in [6.45, 7) is 0. The summed E-state index contributed by atoms with van der Waals surface area (Å²) in [7, 11) is 0. The van der Waals surface area contributed by atoms with Gasteiger partial charge in [-0.15, -0.1) is 0 Å². The lowest BCUT2D eigenvalue weighted by molar-refractivity contribution is 0.879. The molecule has 0 fully saturated rings. The van der Waals surface area contributed by atoms with Crippen LogP contribution in [0.2, 0.25) is 0 Å². The highest BCUT2D eigenvalue weighted by Gasteiger charge is 1.95. The summed E-state index contributed by atoms with van der Waals surface area (Å²) in [5.74, 6) is 0. The van der Waals surface area contributed by atoms with Gasteiger partial charge in [0.2, 0.25) is 0 Å². The van der Waals surface area contributed by atoms with Gasteiger partial charge in [-0.05, 0) is 17.7 Å². The Hall–Kier alpha value is -2.33. The standard InChI is InChI=1S/C8H6N6.CH4/c9-13-12-7-1-3-8(4-2-7)14-6-10-5-11-14;/h1-6H;1H4. The van der Waals surface area contributed by atoms with E-state index in [1.165, 1.54) is 6.33 Å². The molecular formula is C9H10N6. The van der Waals surface area contributed by atoms with Crippen LogP contribution in [-0.2, 0) is 0 Å². The van der Waals surface area contributed by atoms with Crippen molar-refractivity contribution < 1.29 is 0 Å². The first kappa shape index (κ1) is 10.7. The molecule has 6 heteroatoms. The second-order valence-electron chi connectivity index (χ2n) is 2.55. The van der Waals surface area contributed by atoms with Gasteiger partial charge in [-0.2, -0.15) is 5.10 Å². The number of benzene rings is 1. The highest BCUT2D eigenvalue weighted by atomic mass is 15.3. The Morgan fingerprint density at radius 2 is 2.00 bits per heavy atom. The molecular weight excluding hydrogens is 192 g/mol. The molecule has 6 nitrogen and oxygen atoms in total. The summed E-state index contributed by atoms with van der Waals surface area (Å²) in [5, 5.41) is 7.43. The number of nitrogens with zero attached hydrogens (tertiary/aromatic N) is 6. The molecule has 1 aromatic heterocycles. The molecule has 1 heterocycles. The van der Waals surface area contributed by atoms with E-state index in [0.29, 0.717) is 5.69 Å². The molecule has 0 aliphatic heterocycles. The second kappa shape index (κ2) is 4.78. The van der Waals surface area contributed by atoms with Crippen LogP contribution in [0.3, 0.4) is 0 Å². The maximum absolute atomic E-state index is 8.20. The molecule has 76 valence electrons. The normalized spacial score (nSPS) is 8.80. The molecule has 0 unspecified atom stereocenters. The summed E-state index contributed by atoms with van der Waals surface area (Å²) >= 11 is 0. The SMILES string of the molecule is C.[N-]=[N+]=Nc1ccc(-n2cncn2)cc1. The summed E-state index contributed by atoms with van der Waals surface area (Å²) in [6.07, 6.45) is 3.06. The van der Waals surface area contributed by atoms with Crippen molar-refractivity contribution in [3.05, 3.63) is 47.4 Å². The van der Waals surface area contributed by atoms with Crippen LogP contribution in [0.5, 0.6) is 0 Å². The quantitative estimate of drug-likeness (QED) is 0.426. The van der Waals surface area contributed by atoms with Crippen molar-refractivity contribution in [3.8, 4) is 5.69 Å². The van der Waals surface area contributed by atoms with Crippen molar-refractivity contribution in [2.75, 3.05) is 0 Å². The predicted octanol–water partition coefficient (Wildman–Crippen LogP) is 2.85. The predicted molar refractivity (Wildman–Crippen MR) is 56.9 cm³/mol. The van der Waals surface area contributed by atoms with Crippen molar-refractivity contribution >= 4 is 5.69 Å². The smallest absolute Gasteiger partial charge is 0.138 e. The van der Waals surface area contributed by atoms with Crippen LogP contribution in [0.15, 0.2) is 42.0 Å². The third-order valence-corrected chi connectivity index (χ3v) is 1.69. The molecule has 1 aromatic carbocycles. The topological polar surface area (TPSA) is 79.5 Å². The van der Waals surface area contributed by atoms with Gasteiger partial charge >= 0.3 is 0 Å². The lowest BCUT2D eigenvalue weighted by Gasteiger charge is -1.99. The second-order valence-corrected chi connectivity index (χ2v) is 2.55. The van der Waals surface area contributed by atoms with Crippen LogP contribution in [0, 0.1) is 0 Å². The van der Waals surface area contributed by atoms with Crippen LogP contribution < -0.4 is 0 Å². The van der Waals surface area contributed by atoms with Crippen LogP contribution >= 0.6 is 0 Å². The van der Waals surface area contributed by atoms with E-state index in [2.05, 4.69) is 20.1 Å². The number of azide groups is 1. The number of hydrogen-bond acceptors (Lipinski definition) is 3. The Balaban J connectivity index is 0.00000112. The molecule has 0 aliphatic carbocycles. The van der Waals surface area contributed by atoms with Gasteiger partial charge < -0.3 is 0 Å². The molecule has 2 aromatic rings. The highest BCUT2D eigenvalue weighted by Crippen LogP contribution is 2.14. The monoisotopic (exact) mass is 202 g/mol. The van der Waals surface area contributed by atoms with Gasteiger partial charge in [-0.1, -0.05) is 24.7 Å². The molecule has 0 radical (unpaired) electrons. The number of aromatic nitrogens is 3. The van der Waals surface area contributed by atoms with E-state index in [-0.39, 0.29) is 7.43 Å². The van der Waals surface area contributed by atoms with E-state index in [9.17, 15) is 0 Å². The summed E-state index contributed by atoms with van der Waals surface area (Å²) in [4.78, 5) is 6.52. The molecule has 0 saturated heterocycles. The first-order valence-electron chi connectivity index (χ1n) is 3.90. The van der Waals surface area contributed by atoms with E-state index < -0.39 is 0 Å². The van der Waals surface area contributed by atoms with E-state index in [0.717, 1.165) is 5.69 Å². The largest absolute Gasteiger partial charge is 0.223 e. The van der Waals surface area contributed by atoms with Gasteiger partial charge in [0, 0.05) is 10.6 Å². The van der Waals surface area contributed by atoms with E-state index in [1.807, 2.05) is 0 Å². The zero-order valence-electron chi connectivity index (χ0n) is 7.15. The molecule has 0 spiro atoms. The average molecular weight is 202 g/mol. The minimum absolute atomic E-state index is 0. The summed E-state index contributed by atoms with van der Waals surface area (Å²) < 4.78 is 1.62. The van der Waals surface area contributed by atoms with Gasteiger partial charge in [-0.25, -0.2) is 9.67 Å². The summed E-state index contributed by atoms with van der Waals surface area (Å²) in [6, 6.07) is 7.05. The maximum Gasteiger partial charge on any atom is 0.138 e. The van der Waals surface area contributed by atoms with Gasteiger partial charge in [0.05, 0.1) is 5.69 Å². The van der Waals surface area contributed by atoms with Crippen molar-refractivity contribution in [3.63, 3.8) is 0 Å². The Morgan fingerprint density at radius 3 is 2.53 bits per heavy atom. The Kier molecular flexibility index (Phi) is 3.43. The Morgan fingerprint density at radius 1 is 1.27 bits per heavy atom. The van der Waals surface area contributed by atoms with E-state index >= 15 is 0 Å². The molecule has 15 heavy (non-hydrogen) atoms. The van der Waals surface area contributed by atoms with E-state index in [1.54, 1.807) is 35.3 Å². The third-order valence-electron chi connectivity index (χ3n) is 1.69. The third kappa shape index (κ3) is 2.32. The lowest BCUT2D eigenvalue weighted by Crippen LogP contribution is -1.92. The van der Waals surface area contributed by atoms with Gasteiger partial charge in [0.1, 0.15) is 12.7 Å². The molecule has 0 aliphatic rings. The first-order valence-corrected chi connectivity index (χ1v) is 3.90. The molecule has 0 saturated carbocycles. The van der Waals surface area contributed by atoms with E-state index in [4.69, 9.17) is 5.53 Å². The maximum atomic E-state index is 8.20. The van der Waals surface area contributed by atoms with Crippen LogP contribution in [0.25, 0.3) is 16.1 Å². The van der Waals surface area contributed by atoms with Crippen molar-refractivity contribution in [2.24, 2.45) is 5.11 Å². The highest BCUT2D eigenvalue weighted by molar-refractivity contribution is 5.43. The van der Waals surface area contributed by atoms with Gasteiger partial charge in [0.15, 0.2) is 0 Å². The van der Waals surface area contributed by atoms with Crippen molar-refractivity contribution in [1.29, 1.82) is 0 Å². The molecule has 2 rings (SSSR count). The van der Waals surface area contributed by atoms with Crippen LogP contribution in [0.4, 0.5) is 5.69 Å². The zero-order valence-corrected chi connectivity index (χ0v) is 7.15. The van der Waals surface area contributed by atoms with Crippen molar-refractivity contribution in [2.45, 2.75) is 7.43 Å². The van der Waals surface area contributed by atoms with Crippen molar-refractivity contribution in [1.82, 2.24) is 14.8 Å². The fourth-order valence-electron chi connectivity index (χ4n) is 1.07. The van der Waals surface area contributed by atoms with Crippen LogP contribution in [-0.4, -0.2) is 14.8 Å². The summed E-state index contributed by atoms with van der Waals surface area (Å²) in [5.41, 5.74) is 9.66. The van der Waals surface area contributed by atoms with Gasteiger partial charge in [-0.3, -0.25) is 0 Å². The van der Waals surface area contributed by atoms with Gasteiger partial charge in [0.25, 0.3) is 0 Å². The molecule has 0 N–H and O–H groups in total. The fourth-order valence-corrected chi connectivity index (χ4v) is 1.07. The minimum Gasteiger partial charge on any atom is -0.223 e. The Bertz CT molecular complexity index is 452. The average Bonchev–Trinajstić information content (AvgIpc) is 2.72. The minimum atomic E-state index is 0. The van der Waals surface area contributed by atoms with Crippen LogP contribution in [0.1, 0.15) is 7.43 Å². The lowest BCUT2D eigenvalue weighted by atomic mass is 10.3. The number of hydrogen-bond donors (Lipinski definition) is 0. The number of rotatable bonds is 2. The molecule has 0 bridgehead atoms. The zero-order chi connectivity index (χ0) is 9.80. The first-order chi connectivity index (χ1) is 6.90. The Labute approximate surface area is 86.8 Å².